The summed E-state index contributed by atoms with van der Waals surface area (Å²) >= 11 is 0. The van der Waals surface area contributed by atoms with E-state index in [-0.39, 0.29) is 36.5 Å². The summed E-state index contributed by atoms with van der Waals surface area (Å²) in [5, 5.41) is 2.87. The van der Waals surface area contributed by atoms with Crippen LogP contribution in [0.5, 0.6) is 11.6 Å². The largest absolute Gasteiger partial charge is 0.439 e. The van der Waals surface area contributed by atoms with E-state index in [4.69, 9.17) is 10.5 Å². The van der Waals surface area contributed by atoms with E-state index in [1.165, 1.54) is 12.1 Å². The summed E-state index contributed by atoms with van der Waals surface area (Å²) < 4.78 is 18.6. The number of hydrogen-bond acceptors (Lipinski definition) is 4. The Balaban J connectivity index is 0.00000338. The van der Waals surface area contributed by atoms with Crippen LogP contribution in [0, 0.1) is 5.82 Å². The highest BCUT2D eigenvalue weighted by Crippen LogP contribution is 2.19. The summed E-state index contributed by atoms with van der Waals surface area (Å²) in [7, 11) is 0. The normalized spacial score (nSPS) is 9.70. The van der Waals surface area contributed by atoms with Crippen molar-refractivity contribution in [3.63, 3.8) is 0 Å². The first-order valence-electron chi connectivity index (χ1n) is 8.52. The van der Waals surface area contributed by atoms with Crippen molar-refractivity contribution < 1.29 is 13.9 Å². The highest BCUT2D eigenvalue weighted by molar-refractivity contribution is 5.85. The van der Waals surface area contributed by atoms with Gasteiger partial charge in [0.2, 0.25) is 11.8 Å². The number of nitrogens with two attached hydrogens (primary N) is 1. The first kappa shape index (κ1) is 25.1. The zero-order valence-electron chi connectivity index (χ0n) is 15.0. The van der Waals surface area contributed by atoms with Gasteiger partial charge in [0.1, 0.15) is 11.6 Å². The molecule has 0 aliphatic rings. The molecule has 0 saturated carbocycles. The maximum atomic E-state index is 13.1. The lowest BCUT2D eigenvalue weighted by Gasteiger charge is -2.07. The van der Waals surface area contributed by atoms with Crippen molar-refractivity contribution in [1.82, 2.24) is 10.3 Å². The second kappa shape index (κ2) is 14.2. The molecule has 0 radical (unpaired) electrons. The third kappa shape index (κ3) is 10.1. The van der Waals surface area contributed by atoms with E-state index in [0.29, 0.717) is 31.1 Å². The van der Waals surface area contributed by atoms with E-state index in [1.807, 2.05) is 6.07 Å². The number of pyridine rings is 1. The van der Waals surface area contributed by atoms with E-state index >= 15 is 0 Å². The Bertz CT molecular complexity index is 672. The highest BCUT2D eigenvalue weighted by Gasteiger charge is 2.03. The van der Waals surface area contributed by atoms with Gasteiger partial charge in [-0.15, -0.1) is 24.8 Å². The molecule has 150 valence electrons. The van der Waals surface area contributed by atoms with Gasteiger partial charge in [0.25, 0.3) is 0 Å². The van der Waals surface area contributed by atoms with Crippen LogP contribution in [0.3, 0.4) is 0 Å². The van der Waals surface area contributed by atoms with Crippen LogP contribution in [-0.2, 0) is 11.3 Å². The zero-order valence-corrected chi connectivity index (χ0v) is 16.7. The van der Waals surface area contributed by atoms with Crippen LogP contribution in [0.1, 0.15) is 37.7 Å². The first-order chi connectivity index (χ1) is 12.2. The number of halogens is 3. The standard InChI is InChI=1S/C19H24FN3O2.2ClH/c20-16-6-5-7-17(12-16)25-19-10-9-15(14-23-19)13-22-18(24)8-3-1-2-4-11-21;;/h5-7,9-10,12,14H,1-4,8,11,13,21H2,(H,22,24);2*1H. The van der Waals surface area contributed by atoms with E-state index in [0.717, 1.165) is 31.2 Å². The van der Waals surface area contributed by atoms with Crippen LogP contribution in [0.2, 0.25) is 0 Å². The van der Waals surface area contributed by atoms with E-state index in [1.54, 1.807) is 24.4 Å². The number of carbonyl (C=O) groups is 1. The quantitative estimate of drug-likeness (QED) is 0.562. The minimum absolute atomic E-state index is 0. The molecule has 0 atom stereocenters. The zero-order chi connectivity index (χ0) is 17.9. The third-order valence-corrected chi connectivity index (χ3v) is 3.66. The molecule has 0 spiro atoms. The maximum absolute atomic E-state index is 13.1. The van der Waals surface area contributed by atoms with Gasteiger partial charge in [-0.25, -0.2) is 9.37 Å². The molecular formula is C19H26Cl2FN3O2. The van der Waals surface area contributed by atoms with E-state index in [9.17, 15) is 9.18 Å². The second-order valence-electron chi connectivity index (χ2n) is 5.79. The van der Waals surface area contributed by atoms with Crippen LogP contribution in [0.4, 0.5) is 4.39 Å². The van der Waals surface area contributed by atoms with Gasteiger partial charge >= 0.3 is 0 Å². The van der Waals surface area contributed by atoms with Crippen LogP contribution in [0.15, 0.2) is 42.6 Å². The van der Waals surface area contributed by atoms with Crippen molar-refractivity contribution >= 4 is 30.7 Å². The SMILES string of the molecule is Cl.Cl.NCCCCCCC(=O)NCc1ccc(Oc2cccc(F)c2)nc1. The molecule has 3 N–H and O–H groups in total. The Morgan fingerprint density at radius 2 is 1.89 bits per heavy atom. The van der Waals surface area contributed by atoms with Crippen molar-refractivity contribution in [2.75, 3.05) is 6.54 Å². The number of carbonyl (C=O) groups excluding carboxylic acids is 1. The first-order valence-corrected chi connectivity index (χ1v) is 8.52. The molecule has 0 saturated heterocycles. The predicted octanol–water partition coefficient (Wildman–Crippen LogP) is 4.38. The fourth-order valence-electron chi connectivity index (χ4n) is 2.30. The van der Waals surface area contributed by atoms with Gasteiger partial charge in [0, 0.05) is 31.3 Å². The summed E-state index contributed by atoms with van der Waals surface area (Å²) in [6.07, 6.45) is 6.15. The monoisotopic (exact) mass is 417 g/mol. The molecule has 5 nitrogen and oxygen atoms in total. The lowest BCUT2D eigenvalue weighted by molar-refractivity contribution is -0.121. The molecule has 1 aromatic carbocycles. The van der Waals surface area contributed by atoms with Crippen molar-refractivity contribution in [2.24, 2.45) is 5.73 Å². The Labute approximate surface area is 171 Å². The van der Waals surface area contributed by atoms with E-state index < -0.39 is 0 Å². The number of unbranched alkanes of at least 4 members (excludes halogenated alkanes) is 3. The number of benzene rings is 1. The average molecular weight is 418 g/mol. The highest BCUT2D eigenvalue weighted by atomic mass is 35.5. The number of ether oxygens (including phenoxy) is 1. The number of nitrogens with one attached hydrogen (secondary N) is 1. The van der Waals surface area contributed by atoms with Gasteiger partial charge in [-0.2, -0.15) is 0 Å². The van der Waals surface area contributed by atoms with Crippen LogP contribution in [0.25, 0.3) is 0 Å². The van der Waals surface area contributed by atoms with Crippen LogP contribution in [-0.4, -0.2) is 17.4 Å². The van der Waals surface area contributed by atoms with Gasteiger partial charge in [0.15, 0.2) is 0 Å². The molecule has 0 fully saturated rings. The number of rotatable bonds is 10. The summed E-state index contributed by atoms with van der Waals surface area (Å²) in [6, 6.07) is 9.40. The van der Waals surface area contributed by atoms with Gasteiger partial charge in [-0.1, -0.05) is 25.0 Å². The summed E-state index contributed by atoms with van der Waals surface area (Å²) in [5.41, 5.74) is 6.31. The van der Waals surface area contributed by atoms with Crippen LogP contribution >= 0.6 is 24.8 Å². The Kier molecular flexibility index (Phi) is 13.2. The second-order valence-corrected chi connectivity index (χ2v) is 5.79. The van der Waals surface area contributed by atoms with Crippen LogP contribution < -0.4 is 15.8 Å². The lowest BCUT2D eigenvalue weighted by atomic mass is 10.1. The molecule has 8 heteroatoms. The molecule has 1 aromatic heterocycles. The lowest BCUT2D eigenvalue weighted by Crippen LogP contribution is -2.22. The number of nitrogens with zero attached hydrogens (tertiary/aromatic N) is 1. The minimum Gasteiger partial charge on any atom is -0.439 e. The molecule has 2 rings (SSSR count). The third-order valence-electron chi connectivity index (χ3n) is 3.66. The fraction of sp³-hybridized carbons (Fsp3) is 0.368. The van der Waals surface area contributed by atoms with Gasteiger partial charge in [-0.3, -0.25) is 4.79 Å². The average Bonchev–Trinajstić information content (AvgIpc) is 2.61. The topological polar surface area (TPSA) is 77.2 Å². The summed E-state index contributed by atoms with van der Waals surface area (Å²) in [4.78, 5) is 15.9. The van der Waals surface area contributed by atoms with Crippen molar-refractivity contribution in [2.45, 2.75) is 38.6 Å². The number of aromatic nitrogens is 1. The minimum atomic E-state index is -0.361. The molecule has 0 aliphatic heterocycles. The van der Waals surface area contributed by atoms with Gasteiger partial charge in [0.05, 0.1) is 0 Å². The molecule has 0 aliphatic carbocycles. The fourth-order valence-corrected chi connectivity index (χ4v) is 2.30. The predicted molar refractivity (Wildman–Crippen MR) is 109 cm³/mol. The van der Waals surface area contributed by atoms with Gasteiger partial charge in [-0.05, 0) is 37.1 Å². The van der Waals surface area contributed by atoms with Crippen molar-refractivity contribution in [1.29, 1.82) is 0 Å². The number of hydrogen-bond donors (Lipinski definition) is 2. The summed E-state index contributed by atoms with van der Waals surface area (Å²) in [6.45, 7) is 1.13. The molecule has 0 bridgehead atoms. The van der Waals surface area contributed by atoms with Crippen molar-refractivity contribution in [3.05, 3.63) is 54.0 Å². The molecule has 1 amide bonds. The molecule has 27 heavy (non-hydrogen) atoms. The molecular weight excluding hydrogens is 392 g/mol. The Hall–Kier alpha value is -1.89. The van der Waals surface area contributed by atoms with E-state index in [2.05, 4.69) is 10.3 Å². The molecule has 1 heterocycles. The molecule has 2 aromatic rings. The maximum Gasteiger partial charge on any atom is 0.220 e. The number of amides is 1. The molecule has 0 unspecified atom stereocenters. The smallest absolute Gasteiger partial charge is 0.220 e. The van der Waals surface area contributed by atoms with Crippen molar-refractivity contribution in [3.8, 4) is 11.6 Å². The Morgan fingerprint density at radius 3 is 2.56 bits per heavy atom. The Morgan fingerprint density at radius 1 is 1.11 bits per heavy atom. The summed E-state index contributed by atoms with van der Waals surface area (Å²) in [5.74, 6) is 0.441. The van der Waals surface area contributed by atoms with Gasteiger partial charge < -0.3 is 15.8 Å².